The average Bonchev–Trinajstić information content (AvgIpc) is 2.27. The van der Waals surface area contributed by atoms with Crippen molar-refractivity contribution in [3.63, 3.8) is 0 Å². The third-order valence-electron chi connectivity index (χ3n) is 2.65. The van der Waals surface area contributed by atoms with Crippen molar-refractivity contribution in [2.24, 2.45) is 5.73 Å². The van der Waals surface area contributed by atoms with Gasteiger partial charge in [0.15, 0.2) is 0 Å². The van der Waals surface area contributed by atoms with Crippen LogP contribution in [0, 0.1) is 12.7 Å². The molecule has 1 aromatic rings. The van der Waals surface area contributed by atoms with E-state index in [0.29, 0.717) is 0 Å². The molecule has 1 unspecified atom stereocenters. The summed E-state index contributed by atoms with van der Waals surface area (Å²) in [6, 6.07) is 4.66. The lowest BCUT2D eigenvalue weighted by molar-refractivity contribution is 0.142. The molecule has 0 aliphatic heterocycles. The Kier molecular flexibility index (Phi) is 5.43. The van der Waals surface area contributed by atoms with Crippen LogP contribution in [0.2, 0.25) is 0 Å². The van der Waals surface area contributed by atoms with Crippen LogP contribution in [0.5, 0.6) is 0 Å². The molecule has 0 aliphatic carbocycles. The Hall–Kier alpha value is -0.930. The van der Waals surface area contributed by atoms with Crippen molar-refractivity contribution in [1.29, 1.82) is 0 Å². The lowest BCUT2D eigenvalue weighted by Gasteiger charge is -2.14. The predicted molar refractivity (Wildman–Crippen MR) is 63.8 cm³/mol. The fraction of sp³-hybridized carbons (Fsp3) is 0.538. The molecule has 1 aromatic carbocycles. The van der Waals surface area contributed by atoms with E-state index >= 15 is 0 Å². The minimum atomic E-state index is -0.221. The minimum absolute atomic E-state index is 0.101. The van der Waals surface area contributed by atoms with Crippen LogP contribution in [0.1, 0.15) is 36.9 Å². The SMILES string of the molecule is CCOCCCC(N)c1cc(F)ccc1C. The van der Waals surface area contributed by atoms with E-state index in [1.807, 2.05) is 13.8 Å². The molecule has 1 rings (SSSR count). The number of nitrogens with two attached hydrogens (primary N) is 1. The summed E-state index contributed by atoms with van der Waals surface area (Å²) in [6.45, 7) is 5.38. The number of ether oxygens (including phenoxy) is 1. The number of rotatable bonds is 6. The molecule has 3 heteroatoms. The summed E-state index contributed by atoms with van der Waals surface area (Å²) < 4.78 is 18.3. The van der Waals surface area contributed by atoms with Gasteiger partial charge in [-0.25, -0.2) is 4.39 Å². The van der Waals surface area contributed by atoms with Crippen molar-refractivity contribution in [2.75, 3.05) is 13.2 Å². The Morgan fingerprint density at radius 1 is 1.44 bits per heavy atom. The van der Waals surface area contributed by atoms with Crippen LogP contribution >= 0.6 is 0 Å². The topological polar surface area (TPSA) is 35.2 Å². The van der Waals surface area contributed by atoms with E-state index in [1.165, 1.54) is 12.1 Å². The molecule has 0 saturated heterocycles. The largest absolute Gasteiger partial charge is 0.382 e. The van der Waals surface area contributed by atoms with Gasteiger partial charge in [0.05, 0.1) is 0 Å². The van der Waals surface area contributed by atoms with Crippen molar-refractivity contribution in [1.82, 2.24) is 0 Å². The van der Waals surface area contributed by atoms with E-state index in [9.17, 15) is 4.39 Å². The van der Waals surface area contributed by atoms with Crippen molar-refractivity contribution in [3.8, 4) is 0 Å². The lowest BCUT2D eigenvalue weighted by atomic mass is 9.98. The van der Waals surface area contributed by atoms with Gasteiger partial charge < -0.3 is 10.5 Å². The standard InChI is InChI=1S/C13H20FNO/c1-3-16-8-4-5-13(15)12-9-11(14)7-6-10(12)2/h6-7,9,13H,3-5,8,15H2,1-2H3. The van der Waals surface area contributed by atoms with Crippen LogP contribution in [0.3, 0.4) is 0 Å². The highest BCUT2D eigenvalue weighted by atomic mass is 19.1. The van der Waals surface area contributed by atoms with Gasteiger partial charge in [-0.15, -0.1) is 0 Å². The number of benzene rings is 1. The van der Waals surface area contributed by atoms with Gasteiger partial charge in [0.1, 0.15) is 5.82 Å². The van der Waals surface area contributed by atoms with Crippen LogP contribution in [-0.4, -0.2) is 13.2 Å². The Labute approximate surface area is 96.6 Å². The summed E-state index contributed by atoms with van der Waals surface area (Å²) in [5.41, 5.74) is 7.97. The second-order valence-electron chi connectivity index (χ2n) is 3.95. The van der Waals surface area contributed by atoms with E-state index in [4.69, 9.17) is 10.5 Å². The summed E-state index contributed by atoms with van der Waals surface area (Å²) in [5.74, 6) is -0.221. The van der Waals surface area contributed by atoms with E-state index in [1.54, 1.807) is 6.07 Å². The summed E-state index contributed by atoms with van der Waals surface area (Å²) in [6.07, 6.45) is 1.73. The van der Waals surface area contributed by atoms with Crippen LogP contribution in [0.4, 0.5) is 4.39 Å². The highest BCUT2D eigenvalue weighted by molar-refractivity contribution is 5.29. The van der Waals surface area contributed by atoms with Gasteiger partial charge in [-0.1, -0.05) is 6.07 Å². The molecule has 0 amide bonds. The summed E-state index contributed by atoms with van der Waals surface area (Å²) in [5, 5.41) is 0. The molecule has 2 N–H and O–H groups in total. The van der Waals surface area contributed by atoms with E-state index in [0.717, 1.165) is 37.2 Å². The number of hydrogen-bond acceptors (Lipinski definition) is 2. The van der Waals surface area contributed by atoms with Crippen molar-refractivity contribution in [3.05, 3.63) is 35.1 Å². The second kappa shape index (κ2) is 6.61. The number of hydrogen-bond donors (Lipinski definition) is 1. The van der Waals surface area contributed by atoms with Gasteiger partial charge in [-0.05, 0) is 49.9 Å². The Morgan fingerprint density at radius 2 is 2.19 bits per heavy atom. The first-order valence-electron chi connectivity index (χ1n) is 5.74. The maximum atomic E-state index is 13.1. The van der Waals surface area contributed by atoms with Crippen LogP contribution in [0.25, 0.3) is 0 Å². The molecule has 90 valence electrons. The van der Waals surface area contributed by atoms with Gasteiger partial charge in [0.25, 0.3) is 0 Å². The third kappa shape index (κ3) is 3.91. The molecule has 1 atom stereocenters. The first-order valence-corrected chi connectivity index (χ1v) is 5.74. The molecular formula is C13H20FNO. The Balaban J connectivity index is 2.51. The van der Waals surface area contributed by atoms with Crippen LogP contribution in [-0.2, 0) is 4.74 Å². The first kappa shape index (κ1) is 13.1. The maximum absolute atomic E-state index is 13.1. The zero-order valence-corrected chi connectivity index (χ0v) is 10.0. The molecule has 0 aliphatic rings. The number of halogens is 1. The van der Waals surface area contributed by atoms with E-state index in [2.05, 4.69) is 0 Å². The van der Waals surface area contributed by atoms with E-state index < -0.39 is 0 Å². The van der Waals surface area contributed by atoms with E-state index in [-0.39, 0.29) is 11.9 Å². The molecule has 0 spiro atoms. The zero-order chi connectivity index (χ0) is 12.0. The Bertz CT molecular complexity index is 328. The molecule has 0 fully saturated rings. The monoisotopic (exact) mass is 225 g/mol. The van der Waals surface area contributed by atoms with Gasteiger partial charge in [-0.2, -0.15) is 0 Å². The smallest absolute Gasteiger partial charge is 0.123 e. The van der Waals surface area contributed by atoms with Crippen LogP contribution < -0.4 is 5.73 Å². The molecular weight excluding hydrogens is 205 g/mol. The lowest BCUT2D eigenvalue weighted by Crippen LogP contribution is -2.13. The zero-order valence-electron chi connectivity index (χ0n) is 10.0. The Morgan fingerprint density at radius 3 is 2.88 bits per heavy atom. The molecule has 0 radical (unpaired) electrons. The van der Waals surface area contributed by atoms with Gasteiger partial charge in [0, 0.05) is 19.3 Å². The van der Waals surface area contributed by atoms with Crippen molar-refractivity contribution < 1.29 is 9.13 Å². The maximum Gasteiger partial charge on any atom is 0.123 e. The quantitative estimate of drug-likeness (QED) is 0.755. The first-order chi connectivity index (χ1) is 7.65. The normalized spacial score (nSPS) is 12.8. The summed E-state index contributed by atoms with van der Waals surface area (Å²) in [4.78, 5) is 0. The van der Waals surface area contributed by atoms with Gasteiger partial charge >= 0.3 is 0 Å². The van der Waals surface area contributed by atoms with Gasteiger partial charge in [0.2, 0.25) is 0 Å². The predicted octanol–water partition coefficient (Wildman–Crippen LogP) is 2.95. The molecule has 0 aromatic heterocycles. The average molecular weight is 225 g/mol. The second-order valence-corrected chi connectivity index (χ2v) is 3.95. The summed E-state index contributed by atoms with van der Waals surface area (Å²) in [7, 11) is 0. The fourth-order valence-electron chi connectivity index (χ4n) is 1.72. The fourth-order valence-corrected chi connectivity index (χ4v) is 1.72. The molecule has 0 saturated carbocycles. The number of aryl methyl sites for hydroxylation is 1. The highest BCUT2D eigenvalue weighted by Crippen LogP contribution is 2.20. The molecule has 2 nitrogen and oxygen atoms in total. The molecule has 16 heavy (non-hydrogen) atoms. The van der Waals surface area contributed by atoms with Gasteiger partial charge in [-0.3, -0.25) is 0 Å². The third-order valence-corrected chi connectivity index (χ3v) is 2.65. The minimum Gasteiger partial charge on any atom is -0.382 e. The summed E-state index contributed by atoms with van der Waals surface area (Å²) >= 11 is 0. The molecule has 0 heterocycles. The molecule has 0 bridgehead atoms. The van der Waals surface area contributed by atoms with Crippen molar-refractivity contribution >= 4 is 0 Å². The van der Waals surface area contributed by atoms with Crippen LogP contribution in [0.15, 0.2) is 18.2 Å². The highest BCUT2D eigenvalue weighted by Gasteiger charge is 2.09. The van der Waals surface area contributed by atoms with Crippen molar-refractivity contribution in [2.45, 2.75) is 32.7 Å².